The lowest BCUT2D eigenvalue weighted by Gasteiger charge is -2.06. The van der Waals surface area contributed by atoms with Crippen molar-refractivity contribution < 1.29 is 9.18 Å². The Hall–Kier alpha value is -2.63. The number of hydrogen-bond donors (Lipinski definition) is 3. The molecular weight excluding hydrogens is 247 g/mol. The molecule has 0 aliphatic rings. The van der Waals surface area contributed by atoms with Crippen LogP contribution in [0.25, 0.3) is 22.2 Å². The van der Waals surface area contributed by atoms with Crippen LogP contribution in [-0.4, -0.2) is 21.1 Å². The van der Waals surface area contributed by atoms with Crippen molar-refractivity contribution >= 4 is 16.8 Å². The summed E-state index contributed by atoms with van der Waals surface area (Å²) in [6.45, 7) is 0. The van der Waals surface area contributed by atoms with Gasteiger partial charge in [-0.1, -0.05) is 6.07 Å². The molecule has 6 heteroatoms. The lowest BCUT2D eigenvalue weighted by Crippen LogP contribution is -2.14. The van der Waals surface area contributed by atoms with Gasteiger partial charge in [-0.2, -0.15) is 5.10 Å². The maximum Gasteiger partial charge on any atom is 0.221 e. The third kappa shape index (κ3) is 1.97. The minimum absolute atomic E-state index is 0.0500. The van der Waals surface area contributed by atoms with Gasteiger partial charge in [-0.25, -0.2) is 4.39 Å². The van der Waals surface area contributed by atoms with Gasteiger partial charge in [-0.3, -0.25) is 9.89 Å². The zero-order valence-electron chi connectivity index (χ0n) is 9.90. The Morgan fingerprint density at radius 1 is 1.37 bits per heavy atom. The smallest absolute Gasteiger partial charge is 0.221 e. The van der Waals surface area contributed by atoms with Crippen LogP contribution in [0.5, 0.6) is 0 Å². The van der Waals surface area contributed by atoms with Gasteiger partial charge in [-0.05, 0) is 17.7 Å². The molecular formula is C13H11FN4O. The normalized spacial score (nSPS) is 11.0. The second-order valence-electron chi connectivity index (χ2n) is 4.30. The molecule has 0 saturated carbocycles. The van der Waals surface area contributed by atoms with E-state index in [-0.39, 0.29) is 12.2 Å². The van der Waals surface area contributed by atoms with Gasteiger partial charge in [0.1, 0.15) is 11.5 Å². The monoisotopic (exact) mass is 258 g/mol. The summed E-state index contributed by atoms with van der Waals surface area (Å²) >= 11 is 0. The number of aromatic nitrogens is 3. The average molecular weight is 258 g/mol. The van der Waals surface area contributed by atoms with E-state index in [0.717, 1.165) is 10.9 Å². The molecule has 1 aromatic carbocycles. The summed E-state index contributed by atoms with van der Waals surface area (Å²) in [6, 6.07) is 4.23. The van der Waals surface area contributed by atoms with E-state index in [0.29, 0.717) is 16.8 Å². The summed E-state index contributed by atoms with van der Waals surface area (Å²) in [5, 5.41) is 7.86. The molecule has 1 amide bonds. The molecule has 2 aromatic heterocycles. The van der Waals surface area contributed by atoms with Crippen LogP contribution in [-0.2, 0) is 11.2 Å². The number of nitrogens with zero attached hydrogens (tertiary/aromatic N) is 1. The first-order valence-corrected chi connectivity index (χ1v) is 5.73. The Balaban J connectivity index is 2.20. The fourth-order valence-electron chi connectivity index (χ4n) is 2.14. The quantitative estimate of drug-likeness (QED) is 0.668. The van der Waals surface area contributed by atoms with E-state index < -0.39 is 5.91 Å². The van der Waals surface area contributed by atoms with Gasteiger partial charge in [0, 0.05) is 23.3 Å². The van der Waals surface area contributed by atoms with Crippen molar-refractivity contribution in [3.63, 3.8) is 0 Å². The van der Waals surface area contributed by atoms with E-state index in [4.69, 9.17) is 5.73 Å². The molecule has 0 saturated heterocycles. The SMILES string of the molecule is NC(=O)Cc1ccc(F)cc1-c1n[nH]c2c[nH]cc12. The number of primary amides is 1. The molecule has 0 fully saturated rings. The van der Waals surface area contributed by atoms with Gasteiger partial charge in [-0.15, -0.1) is 0 Å². The molecule has 0 atom stereocenters. The fourth-order valence-corrected chi connectivity index (χ4v) is 2.14. The Morgan fingerprint density at radius 2 is 2.21 bits per heavy atom. The van der Waals surface area contributed by atoms with Crippen molar-refractivity contribution in [1.29, 1.82) is 0 Å². The fraction of sp³-hybridized carbons (Fsp3) is 0.0769. The van der Waals surface area contributed by atoms with Crippen LogP contribution in [0.3, 0.4) is 0 Å². The van der Waals surface area contributed by atoms with Crippen LogP contribution in [0.4, 0.5) is 4.39 Å². The van der Waals surface area contributed by atoms with Crippen molar-refractivity contribution in [1.82, 2.24) is 15.2 Å². The third-order valence-electron chi connectivity index (χ3n) is 2.98. The van der Waals surface area contributed by atoms with Gasteiger partial charge >= 0.3 is 0 Å². The molecule has 0 spiro atoms. The van der Waals surface area contributed by atoms with Crippen LogP contribution >= 0.6 is 0 Å². The number of amides is 1. The molecule has 0 bridgehead atoms. The van der Waals surface area contributed by atoms with Crippen LogP contribution in [0, 0.1) is 5.82 Å². The second kappa shape index (κ2) is 4.24. The first-order valence-electron chi connectivity index (χ1n) is 5.73. The minimum atomic E-state index is -0.464. The minimum Gasteiger partial charge on any atom is -0.369 e. The highest BCUT2D eigenvalue weighted by atomic mass is 19.1. The number of carbonyl (C=O) groups is 1. The highest BCUT2D eigenvalue weighted by molar-refractivity contribution is 5.94. The second-order valence-corrected chi connectivity index (χ2v) is 4.30. The summed E-state index contributed by atoms with van der Waals surface area (Å²) < 4.78 is 13.4. The number of halogens is 1. The first kappa shape index (κ1) is 11.5. The zero-order chi connectivity index (χ0) is 13.4. The number of rotatable bonds is 3. The van der Waals surface area contributed by atoms with Gasteiger partial charge in [0.25, 0.3) is 0 Å². The van der Waals surface area contributed by atoms with Gasteiger partial charge in [0.2, 0.25) is 5.91 Å². The topological polar surface area (TPSA) is 87.6 Å². The largest absolute Gasteiger partial charge is 0.369 e. The average Bonchev–Trinajstić information content (AvgIpc) is 2.93. The molecule has 0 aliphatic carbocycles. The number of nitrogens with two attached hydrogens (primary N) is 1. The van der Waals surface area contributed by atoms with Crippen LogP contribution in [0.2, 0.25) is 0 Å². The van der Waals surface area contributed by atoms with Crippen molar-refractivity contribution in [2.45, 2.75) is 6.42 Å². The molecule has 4 N–H and O–H groups in total. The van der Waals surface area contributed by atoms with E-state index in [2.05, 4.69) is 15.2 Å². The van der Waals surface area contributed by atoms with E-state index in [9.17, 15) is 9.18 Å². The number of fused-ring (bicyclic) bond motifs is 1. The maximum absolute atomic E-state index is 13.4. The maximum atomic E-state index is 13.4. The lowest BCUT2D eigenvalue weighted by atomic mass is 10.00. The van der Waals surface area contributed by atoms with Crippen molar-refractivity contribution in [3.05, 3.63) is 42.0 Å². The number of benzene rings is 1. The standard InChI is InChI=1S/C13H11FN4O/c14-8-2-1-7(3-12(15)19)9(4-8)13-10-5-16-6-11(10)17-18-13/h1-2,4-6,16-17H,3H2,(H2,15,19). The van der Waals surface area contributed by atoms with Gasteiger partial charge in [0.15, 0.2) is 0 Å². The first-order chi connectivity index (χ1) is 9.15. The van der Waals surface area contributed by atoms with E-state index in [1.165, 1.54) is 12.1 Å². The number of carbonyl (C=O) groups excluding carboxylic acids is 1. The van der Waals surface area contributed by atoms with Crippen LogP contribution in [0.1, 0.15) is 5.56 Å². The van der Waals surface area contributed by atoms with Crippen LogP contribution < -0.4 is 5.73 Å². The molecule has 96 valence electrons. The van der Waals surface area contributed by atoms with Gasteiger partial charge < -0.3 is 10.7 Å². The lowest BCUT2D eigenvalue weighted by molar-refractivity contribution is -0.117. The summed E-state index contributed by atoms with van der Waals surface area (Å²) in [4.78, 5) is 14.0. The molecule has 2 heterocycles. The summed E-state index contributed by atoms with van der Waals surface area (Å²) in [5.41, 5.74) is 7.87. The highest BCUT2D eigenvalue weighted by Crippen LogP contribution is 2.29. The van der Waals surface area contributed by atoms with E-state index >= 15 is 0 Å². The molecule has 5 nitrogen and oxygen atoms in total. The van der Waals surface area contributed by atoms with Crippen molar-refractivity contribution in [2.75, 3.05) is 0 Å². The van der Waals surface area contributed by atoms with Gasteiger partial charge in [0.05, 0.1) is 11.9 Å². The third-order valence-corrected chi connectivity index (χ3v) is 2.98. The van der Waals surface area contributed by atoms with Crippen molar-refractivity contribution in [3.8, 4) is 11.3 Å². The molecule has 19 heavy (non-hydrogen) atoms. The Morgan fingerprint density at radius 3 is 3.00 bits per heavy atom. The zero-order valence-corrected chi connectivity index (χ0v) is 9.90. The van der Waals surface area contributed by atoms with E-state index in [1.54, 1.807) is 18.5 Å². The molecule has 0 unspecified atom stereocenters. The molecule has 0 aliphatic heterocycles. The Bertz CT molecular complexity index is 759. The van der Waals surface area contributed by atoms with Crippen molar-refractivity contribution in [2.24, 2.45) is 5.73 Å². The number of hydrogen-bond acceptors (Lipinski definition) is 2. The Kier molecular flexibility index (Phi) is 2.56. The Labute approximate surface area is 107 Å². The highest BCUT2D eigenvalue weighted by Gasteiger charge is 2.14. The summed E-state index contributed by atoms with van der Waals surface area (Å²) in [7, 11) is 0. The van der Waals surface area contributed by atoms with E-state index in [1.807, 2.05) is 0 Å². The molecule has 0 radical (unpaired) electrons. The number of H-pyrrole nitrogens is 2. The number of aromatic amines is 2. The molecule has 3 rings (SSSR count). The van der Waals surface area contributed by atoms with Crippen LogP contribution in [0.15, 0.2) is 30.6 Å². The summed E-state index contributed by atoms with van der Waals surface area (Å²) in [6.07, 6.45) is 3.58. The summed E-state index contributed by atoms with van der Waals surface area (Å²) in [5.74, 6) is -0.844. The number of nitrogens with one attached hydrogen (secondary N) is 2. The predicted molar refractivity (Wildman–Crippen MR) is 68.7 cm³/mol. The predicted octanol–water partition coefficient (Wildman–Crippen LogP) is 1.72. The molecule has 3 aromatic rings.